The summed E-state index contributed by atoms with van der Waals surface area (Å²) in [7, 11) is 0. The second-order valence-corrected chi connectivity index (χ2v) is 7.07. The third kappa shape index (κ3) is 5.55. The highest BCUT2D eigenvalue weighted by Crippen LogP contribution is 2.17. The van der Waals surface area contributed by atoms with Crippen molar-refractivity contribution in [1.82, 2.24) is 20.8 Å². The van der Waals surface area contributed by atoms with Crippen LogP contribution >= 0.6 is 11.6 Å². The van der Waals surface area contributed by atoms with Crippen LogP contribution in [0.3, 0.4) is 0 Å². The number of aromatic nitrogens is 2. The molecular weight excluding hydrogens is 308 g/mol. The molecule has 0 bridgehead atoms. The smallest absolute Gasteiger partial charge is 0.407 e. The van der Waals surface area contributed by atoms with Gasteiger partial charge < -0.3 is 15.4 Å². The number of nitrogens with zero attached hydrogens (tertiary/aromatic N) is 1. The maximum atomic E-state index is 12.2. The maximum absolute atomic E-state index is 12.2. The predicted octanol–water partition coefficient (Wildman–Crippen LogP) is 2.40. The van der Waals surface area contributed by atoms with E-state index in [9.17, 15) is 9.59 Å². The molecule has 0 aliphatic heterocycles. The first-order chi connectivity index (χ1) is 9.91. The van der Waals surface area contributed by atoms with Gasteiger partial charge in [0.1, 0.15) is 5.60 Å². The van der Waals surface area contributed by atoms with Gasteiger partial charge in [0.25, 0.3) is 5.91 Å². The van der Waals surface area contributed by atoms with Gasteiger partial charge in [-0.25, -0.2) is 4.79 Å². The van der Waals surface area contributed by atoms with Crippen LogP contribution in [0, 0.1) is 6.92 Å². The number of H-pyrrole nitrogens is 1. The average molecular weight is 331 g/mol. The number of rotatable bonds is 4. The summed E-state index contributed by atoms with van der Waals surface area (Å²) in [5.74, 6) is -0.354. The van der Waals surface area contributed by atoms with Crippen molar-refractivity contribution < 1.29 is 14.3 Å². The number of carbonyl (C=O) groups excluding carboxylic acids is 2. The molecule has 0 aliphatic rings. The van der Waals surface area contributed by atoms with Crippen molar-refractivity contribution in [3.05, 3.63) is 16.4 Å². The fourth-order valence-corrected chi connectivity index (χ4v) is 1.95. The first kappa shape index (κ1) is 18.3. The molecular formula is C14H23ClN4O3. The molecule has 3 N–H and O–H groups in total. The van der Waals surface area contributed by atoms with E-state index in [1.165, 1.54) is 0 Å². The van der Waals surface area contributed by atoms with Gasteiger partial charge >= 0.3 is 6.09 Å². The van der Waals surface area contributed by atoms with Crippen molar-refractivity contribution in [2.75, 3.05) is 6.54 Å². The van der Waals surface area contributed by atoms with Gasteiger partial charge in [0.2, 0.25) is 0 Å². The van der Waals surface area contributed by atoms with Crippen LogP contribution in [0.1, 0.15) is 50.7 Å². The zero-order chi connectivity index (χ0) is 17.1. The lowest BCUT2D eigenvalue weighted by Gasteiger charge is -2.27. The van der Waals surface area contributed by atoms with Crippen molar-refractivity contribution in [3.63, 3.8) is 0 Å². The summed E-state index contributed by atoms with van der Waals surface area (Å²) in [6, 6.07) is 0. The third-order valence-electron chi connectivity index (χ3n) is 2.66. The Hall–Kier alpha value is -1.76. The van der Waals surface area contributed by atoms with E-state index < -0.39 is 17.2 Å². The number of hydrogen-bond donors (Lipinski definition) is 3. The lowest BCUT2D eigenvalue weighted by molar-refractivity contribution is 0.0509. The molecule has 0 unspecified atom stereocenters. The number of alkyl carbamates (subject to hydrolysis) is 1. The van der Waals surface area contributed by atoms with Crippen molar-refractivity contribution >= 4 is 23.6 Å². The van der Waals surface area contributed by atoms with E-state index in [0.29, 0.717) is 11.3 Å². The van der Waals surface area contributed by atoms with E-state index >= 15 is 0 Å². The topological polar surface area (TPSA) is 96.1 Å². The maximum Gasteiger partial charge on any atom is 0.407 e. The summed E-state index contributed by atoms with van der Waals surface area (Å²) in [5, 5.41) is 12.0. The Morgan fingerprint density at radius 2 is 1.86 bits per heavy atom. The van der Waals surface area contributed by atoms with Gasteiger partial charge in [-0.2, -0.15) is 5.10 Å². The molecule has 0 aliphatic carbocycles. The summed E-state index contributed by atoms with van der Waals surface area (Å²) in [4.78, 5) is 23.9. The van der Waals surface area contributed by atoms with E-state index in [4.69, 9.17) is 16.3 Å². The molecule has 0 atom stereocenters. The van der Waals surface area contributed by atoms with Crippen LogP contribution in [-0.4, -0.2) is 39.9 Å². The number of halogens is 1. The van der Waals surface area contributed by atoms with E-state index in [1.54, 1.807) is 41.5 Å². The van der Waals surface area contributed by atoms with Crippen LogP contribution in [0.5, 0.6) is 0 Å². The lowest BCUT2D eigenvalue weighted by Crippen LogP contribution is -2.52. The minimum absolute atomic E-state index is 0.117. The number of carbonyl (C=O) groups is 2. The molecule has 1 rings (SSSR count). The Bertz CT molecular complexity index is 541. The molecule has 0 saturated carbocycles. The Kier molecular flexibility index (Phi) is 5.45. The fraction of sp³-hybridized carbons (Fsp3) is 0.643. The van der Waals surface area contributed by atoms with Crippen LogP contribution in [-0.2, 0) is 4.74 Å². The van der Waals surface area contributed by atoms with Gasteiger partial charge in [-0.3, -0.25) is 9.89 Å². The van der Waals surface area contributed by atoms with Crippen LogP contribution < -0.4 is 10.6 Å². The number of ether oxygens (including phenoxy) is 1. The Morgan fingerprint density at radius 1 is 1.27 bits per heavy atom. The molecule has 1 aromatic rings. The van der Waals surface area contributed by atoms with Crippen molar-refractivity contribution in [2.45, 2.75) is 52.7 Å². The van der Waals surface area contributed by atoms with Crippen LogP contribution in [0.4, 0.5) is 4.79 Å². The van der Waals surface area contributed by atoms with E-state index in [-0.39, 0.29) is 17.6 Å². The second kappa shape index (κ2) is 6.56. The number of aryl methyl sites for hydroxylation is 1. The van der Waals surface area contributed by atoms with E-state index in [0.717, 1.165) is 0 Å². The minimum Gasteiger partial charge on any atom is -0.444 e. The van der Waals surface area contributed by atoms with Crippen LogP contribution in [0.25, 0.3) is 0 Å². The second-order valence-electron chi connectivity index (χ2n) is 6.71. The standard InChI is InChI=1S/C14H23ClN4O3/c1-8-9(10(15)19-18-8)11(20)17-14(5,6)7-16-12(21)22-13(2,3)4/h7H2,1-6H3,(H,16,21)(H,17,20)(H,18,19). The quantitative estimate of drug-likeness (QED) is 0.789. The largest absolute Gasteiger partial charge is 0.444 e. The van der Waals surface area contributed by atoms with Crippen molar-refractivity contribution in [2.24, 2.45) is 0 Å². The summed E-state index contributed by atoms with van der Waals surface area (Å²) in [6.45, 7) is 10.8. The SMILES string of the molecule is Cc1[nH]nc(Cl)c1C(=O)NC(C)(C)CNC(=O)OC(C)(C)C. The molecule has 2 amide bonds. The van der Waals surface area contributed by atoms with Crippen LogP contribution in [0.15, 0.2) is 0 Å². The van der Waals surface area contributed by atoms with Gasteiger partial charge in [-0.05, 0) is 41.5 Å². The molecule has 0 aromatic carbocycles. The van der Waals surface area contributed by atoms with Crippen LogP contribution in [0.2, 0.25) is 5.15 Å². The first-order valence-electron chi connectivity index (χ1n) is 6.91. The molecule has 8 heteroatoms. The van der Waals surface area contributed by atoms with Gasteiger partial charge in [0, 0.05) is 12.2 Å². The van der Waals surface area contributed by atoms with Gasteiger partial charge in [-0.15, -0.1) is 0 Å². The molecule has 1 aromatic heterocycles. The average Bonchev–Trinajstić information content (AvgIpc) is 2.64. The monoisotopic (exact) mass is 330 g/mol. The van der Waals surface area contributed by atoms with Crippen molar-refractivity contribution in [3.8, 4) is 0 Å². The van der Waals surface area contributed by atoms with Gasteiger partial charge in [-0.1, -0.05) is 11.6 Å². The predicted molar refractivity (Wildman–Crippen MR) is 84.1 cm³/mol. The molecule has 0 saturated heterocycles. The Labute approximate surface area is 135 Å². The van der Waals surface area contributed by atoms with Gasteiger partial charge in [0.05, 0.1) is 11.1 Å². The van der Waals surface area contributed by atoms with Gasteiger partial charge in [0.15, 0.2) is 5.15 Å². The molecule has 0 fully saturated rings. The highest BCUT2D eigenvalue weighted by molar-refractivity contribution is 6.32. The normalized spacial score (nSPS) is 12.0. The highest BCUT2D eigenvalue weighted by atomic mass is 35.5. The lowest BCUT2D eigenvalue weighted by atomic mass is 10.0. The molecule has 124 valence electrons. The Balaban J connectivity index is 2.61. The number of amides is 2. The summed E-state index contributed by atoms with van der Waals surface area (Å²) >= 11 is 5.88. The zero-order valence-electron chi connectivity index (χ0n) is 13.8. The summed E-state index contributed by atoms with van der Waals surface area (Å²) in [6.07, 6.45) is -0.535. The number of hydrogen-bond acceptors (Lipinski definition) is 4. The number of aromatic amines is 1. The fourth-order valence-electron chi connectivity index (χ4n) is 1.68. The number of nitrogens with one attached hydrogen (secondary N) is 3. The summed E-state index contributed by atoms with van der Waals surface area (Å²) < 4.78 is 5.15. The third-order valence-corrected chi connectivity index (χ3v) is 2.93. The molecule has 22 heavy (non-hydrogen) atoms. The molecule has 0 radical (unpaired) electrons. The zero-order valence-corrected chi connectivity index (χ0v) is 14.5. The first-order valence-corrected chi connectivity index (χ1v) is 7.29. The Morgan fingerprint density at radius 3 is 2.32 bits per heavy atom. The molecule has 7 nitrogen and oxygen atoms in total. The minimum atomic E-state index is -0.680. The van der Waals surface area contributed by atoms with Crippen molar-refractivity contribution in [1.29, 1.82) is 0 Å². The van der Waals surface area contributed by atoms with E-state index in [2.05, 4.69) is 20.8 Å². The highest BCUT2D eigenvalue weighted by Gasteiger charge is 2.26. The van der Waals surface area contributed by atoms with E-state index in [1.807, 2.05) is 0 Å². The molecule has 1 heterocycles. The molecule has 0 spiro atoms. The summed E-state index contributed by atoms with van der Waals surface area (Å²) in [5.41, 5.74) is -0.370.